The first-order valence-electron chi connectivity index (χ1n) is 8.05. The fraction of sp³-hybridized carbons (Fsp3) is 0.375. The Labute approximate surface area is 150 Å². The molecule has 8 nitrogen and oxygen atoms in total. The highest BCUT2D eigenvalue weighted by atomic mass is 32.2. The molecule has 1 aliphatic rings. The lowest BCUT2D eigenvalue weighted by molar-refractivity contribution is 0.0366. The highest BCUT2D eigenvalue weighted by molar-refractivity contribution is 7.89. The number of nitrogens with zero attached hydrogens (tertiary/aromatic N) is 3. The molecule has 1 aromatic heterocycles. The van der Waals surface area contributed by atoms with E-state index in [4.69, 9.17) is 9.88 Å². The van der Waals surface area contributed by atoms with Gasteiger partial charge < -0.3 is 9.64 Å². The molecule has 0 unspecified atom stereocenters. The minimum atomic E-state index is -4.03. The zero-order valence-electron chi connectivity index (χ0n) is 13.9. The predicted molar refractivity (Wildman–Crippen MR) is 90.3 cm³/mol. The van der Waals surface area contributed by atoms with Crippen molar-refractivity contribution in [1.82, 2.24) is 14.7 Å². The minimum Gasteiger partial charge on any atom is -0.374 e. The number of amides is 1. The van der Waals surface area contributed by atoms with Gasteiger partial charge in [0.25, 0.3) is 5.91 Å². The highest BCUT2D eigenvalue weighted by Crippen LogP contribution is 2.18. The van der Waals surface area contributed by atoms with Gasteiger partial charge in [0, 0.05) is 32.1 Å². The van der Waals surface area contributed by atoms with Crippen LogP contribution in [0, 0.1) is 5.82 Å². The Morgan fingerprint density at radius 1 is 1.42 bits per heavy atom. The summed E-state index contributed by atoms with van der Waals surface area (Å²) in [7, 11) is -4.03. The first kappa shape index (κ1) is 18.5. The molecule has 2 N–H and O–H groups in total. The Kier molecular flexibility index (Phi) is 5.35. The van der Waals surface area contributed by atoms with Crippen molar-refractivity contribution in [3.8, 4) is 0 Å². The third-order valence-electron chi connectivity index (χ3n) is 4.08. The van der Waals surface area contributed by atoms with Gasteiger partial charge in [-0.15, -0.1) is 0 Å². The van der Waals surface area contributed by atoms with Crippen molar-refractivity contribution in [2.24, 2.45) is 5.14 Å². The molecule has 1 aliphatic heterocycles. The number of sulfonamides is 1. The second-order valence-electron chi connectivity index (χ2n) is 6.01. The van der Waals surface area contributed by atoms with Crippen LogP contribution in [0.3, 0.4) is 0 Å². The Balaban J connectivity index is 1.81. The van der Waals surface area contributed by atoms with Gasteiger partial charge in [0.2, 0.25) is 10.0 Å². The Morgan fingerprint density at radius 3 is 2.92 bits per heavy atom. The third kappa shape index (κ3) is 4.26. The lowest BCUT2D eigenvalue weighted by Crippen LogP contribution is -2.39. The fourth-order valence-corrected chi connectivity index (χ4v) is 3.36. The monoisotopic (exact) mass is 382 g/mol. The van der Waals surface area contributed by atoms with Crippen LogP contribution in [0.25, 0.3) is 0 Å². The van der Waals surface area contributed by atoms with Crippen molar-refractivity contribution in [1.29, 1.82) is 0 Å². The van der Waals surface area contributed by atoms with Gasteiger partial charge in [0.15, 0.2) is 0 Å². The summed E-state index contributed by atoms with van der Waals surface area (Å²) >= 11 is 0. The zero-order chi connectivity index (χ0) is 18.7. The molecular weight excluding hydrogens is 363 g/mol. The molecule has 2 aromatic rings. The number of hydrogen-bond donors (Lipinski definition) is 1. The van der Waals surface area contributed by atoms with E-state index in [0.29, 0.717) is 26.1 Å². The molecule has 0 spiro atoms. The normalized spacial score (nSPS) is 18.5. The third-order valence-corrected chi connectivity index (χ3v) is 4.99. The molecule has 3 rings (SSSR count). The molecular formula is C16H19FN4O4S. The molecule has 0 radical (unpaired) electrons. The van der Waals surface area contributed by atoms with Gasteiger partial charge in [-0.1, -0.05) is 0 Å². The number of hydrogen-bond acceptors (Lipinski definition) is 5. The molecule has 1 atom stereocenters. The standard InChI is InChI=1S/C16H19FN4O4S/c17-15-4-3-13(26(18,23)24)9-14(15)16(22)20-6-2-8-25-12(10-20)11-21-7-1-5-19-21/h1,3-5,7,9,12H,2,6,8,10-11H2,(H2,18,23,24)/t12-/m0/s1. The maximum Gasteiger partial charge on any atom is 0.256 e. The number of carbonyl (C=O) groups excluding carboxylic acids is 1. The van der Waals surface area contributed by atoms with Gasteiger partial charge >= 0.3 is 0 Å². The van der Waals surface area contributed by atoms with Crippen LogP contribution >= 0.6 is 0 Å². The van der Waals surface area contributed by atoms with E-state index in [0.717, 1.165) is 18.2 Å². The number of aromatic nitrogens is 2. The number of primary sulfonamides is 1. The SMILES string of the molecule is NS(=O)(=O)c1ccc(F)c(C(=O)N2CCCO[C@H](Cn3cccn3)C2)c1. The van der Waals surface area contributed by atoms with Crippen LogP contribution in [0.2, 0.25) is 0 Å². The van der Waals surface area contributed by atoms with Gasteiger partial charge in [-0.2, -0.15) is 5.10 Å². The van der Waals surface area contributed by atoms with Crippen LogP contribution in [0.15, 0.2) is 41.6 Å². The van der Waals surface area contributed by atoms with E-state index in [9.17, 15) is 17.6 Å². The Morgan fingerprint density at radius 2 is 2.23 bits per heavy atom. The number of carbonyl (C=O) groups is 1. The fourth-order valence-electron chi connectivity index (χ4n) is 2.82. The number of ether oxygens (including phenoxy) is 1. The second-order valence-corrected chi connectivity index (χ2v) is 7.57. The van der Waals surface area contributed by atoms with E-state index in [2.05, 4.69) is 5.10 Å². The summed E-state index contributed by atoms with van der Waals surface area (Å²) in [5.74, 6) is -1.39. The van der Waals surface area contributed by atoms with Crippen LogP contribution in [0.5, 0.6) is 0 Å². The molecule has 10 heteroatoms. The van der Waals surface area contributed by atoms with Crippen molar-refractivity contribution in [3.05, 3.63) is 48.0 Å². The molecule has 1 aromatic carbocycles. The Hall–Kier alpha value is -2.30. The summed E-state index contributed by atoms with van der Waals surface area (Å²) in [5.41, 5.74) is -0.323. The van der Waals surface area contributed by atoms with Crippen molar-refractivity contribution in [3.63, 3.8) is 0 Å². The molecule has 140 valence electrons. The van der Waals surface area contributed by atoms with Crippen LogP contribution in [0.1, 0.15) is 16.8 Å². The van der Waals surface area contributed by atoms with E-state index < -0.39 is 21.7 Å². The van der Waals surface area contributed by atoms with Gasteiger partial charge in [0.1, 0.15) is 5.82 Å². The summed E-state index contributed by atoms with van der Waals surface area (Å²) in [6.45, 7) is 1.55. The van der Waals surface area contributed by atoms with E-state index >= 15 is 0 Å². The number of rotatable bonds is 4. The van der Waals surface area contributed by atoms with Crippen LogP contribution in [0.4, 0.5) is 4.39 Å². The van der Waals surface area contributed by atoms with Crippen LogP contribution < -0.4 is 5.14 Å². The molecule has 1 saturated heterocycles. The predicted octanol–water partition coefficient (Wildman–Crippen LogP) is 0.601. The zero-order valence-corrected chi connectivity index (χ0v) is 14.7. The summed E-state index contributed by atoms with van der Waals surface area (Å²) < 4.78 is 44.5. The molecule has 0 bridgehead atoms. The largest absolute Gasteiger partial charge is 0.374 e. The number of halogens is 1. The molecule has 2 heterocycles. The quantitative estimate of drug-likeness (QED) is 0.833. The summed E-state index contributed by atoms with van der Waals surface area (Å²) in [6.07, 6.45) is 3.73. The Bertz CT molecular complexity index is 886. The summed E-state index contributed by atoms with van der Waals surface area (Å²) in [4.78, 5) is 13.9. The van der Waals surface area contributed by atoms with Crippen LogP contribution in [-0.4, -0.2) is 54.8 Å². The van der Waals surface area contributed by atoms with Gasteiger partial charge in [-0.05, 0) is 30.7 Å². The lowest BCUT2D eigenvalue weighted by atomic mass is 10.1. The minimum absolute atomic E-state index is 0.248. The maximum absolute atomic E-state index is 14.1. The summed E-state index contributed by atoms with van der Waals surface area (Å²) in [5, 5.41) is 9.19. The van der Waals surface area contributed by atoms with Crippen molar-refractivity contribution in [2.75, 3.05) is 19.7 Å². The van der Waals surface area contributed by atoms with E-state index in [-0.39, 0.29) is 23.1 Å². The highest BCUT2D eigenvalue weighted by Gasteiger charge is 2.26. The number of nitrogens with two attached hydrogens (primary N) is 1. The molecule has 26 heavy (non-hydrogen) atoms. The average molecular weight is 382 g/mol. The molecule has 0 aliphatic carbocycles. The maximum atomic E-state index is 14.1. The second kappa shape index (κ2) is 7.52. The first-order valence-corrected chi connectivity index (χ1v) is 9.60. The smallest absolute Gasteiger partial charge is 0.256 e. The van der Waals surface area contributed by atoms with E-state index in [1.54, 1.807) is 23.1 Å². The van der Waals surface area contributed by atoms with E-state index in [1.165, 1.54) is 4.90 Å². The topological polar surface area (TPSA) is 108 Å². The van der Waals surface area contributed by atoms with Crippen molar-refractivity contribution >= 4 is 15.9 Å². The lowest BCUT2D eigenvalue weighted by Gasteiger charge is -2.24. The average Bonchev–Trinajstić information content (AvgIpc) is 2.98. The number of benzene rings is 1. The van der Waals surface area contributed by atoms with Crippen LogP contribution in [-0.2, 0) is 21.3 Å². The van der Waals surface area contributed by atoms with Gasteiger partial charge in [0.05, 0.1) is 23.1 Å². The first-order chi connectivity index (χ1) is 12.3. The molecule has 0 saturated carbocycles. The van der Waals surface area contributed by atoms with E-state index in [1.807, 2.05) is 0 Å². The van der Waals surface area contributed by atoms with Crippen molar-refractivity contribution in [2.45, 2.75) is 24.0 Å². The molecule has 1 amide bonds. The van der Waals surface area contributed by atoms with Gasteiger partial charge in [-0.3, -0.25) is 9.48 Å². The summed E-state index contributed by atoms with van der Waals surface area (Å²) in [6, 6.07) is 4.73. The molecule has 1 fully saturated rings. The van der Waals surface area contributed by atoms with Gasteiger partial charge in [-0.25, -0.2) is 17.9 Å². The van der Waals surface area contributed by atoms with Crippen molar-refractivity contribution < 1.29 is 22.3 Å².